The Morgan fingerprint density at radius 2 is 2.11 bits per heavy atom. The Kier molecular flexibility index (Phi) is 3.18. The average Bonchev–Trinajstić information content (AvgIpc) is 2.38. The summed E-state index contributed by atoms with van der Waals surface area (Å²) in [5.41, 5.74) is 0.106. The summed E-state index contributed by atoms with van der Waals surface area (Å²) in [6, 6.07) is 8.17. The summed E-state index contributed by atoms with van der Waals surface area (Å²) in [6.45, 7) is 0. The number of nitrogens with one attached hydrogen (secondary N) is 1. The van der Waals surface area contributed by atoms with Gasteiger partial charge in [-0.05, 0) is 24.3 Å². The van der Waals surface area contributed by atoms with Crippen molar-refractivity contribution in [2.75, 3.05) is 11.9 Å². The van der Waals surface area contributed by atoms with Crippen LogP contribution in [0.1, 0.15) is 10.5 Å². The molecule has 1 heterocycles. The Morgan fingerprint density at radius 1 is 1.33 bits per heavy atom. The molecular formula is C12H10FN3O2. The predicted octanol–water partition coefficient (Wildman–Crippen LogP) is 1.19. The van der Waals surface area contributed by atoms with Crippen LogP contribution in [0.5, 0.6) is 0 Å². The number of rotatable bonds is 2. The van der Waals surface area contributed by atoms with Crippen molar-refractivity contribution < 1.29 is 9.18 Å². The zero-order valence-electron chi connectivity index (χ0n) is 9.55. The van der Waals surface area contributed by atoms with E-state index in [9.17, 15) is 14.0 Å². The lowest BCUT2D eigenvalue weighted by Crippen LogP contribution is -2.28. The molecule has 2 rings (SSSR count). The molecule has 6 heteroatoms. The zero-order valence-corrected chi connectivity index (χ0v) is 9.55. The van der Waals surface area contributed by atoms with Crippen molar-refractivity contribution in [3.63, 3.8) is 0 Å². The van der Waals surface area contributed by atoms with E-state index in [2.05, 4.69) is 10.2 Å². The van der Waals surface area contributed by atoms with Gasteiger partial charge in [-0.2, -0.15) is 5.10 Å². The Labute approximate surface area is 102 Å². The molecule has 0 saturated heterocycles. The topological polar surface area (TPSA) is 66.1 Å². The molecule has 0 aliphatic heterocycles. The second kappa shape index (κ2) is 4.79. The second-order valence-electron chi connectivity index (χ2n) is 3.65. The molecule has 0 radical (unpaired) electrons. The van der Waals surface area contributed by atoms with Gasteiger partial charge in [0.25, 0.3) is 11.5 Å². The van der Waals surface area contributed by atoms with Gasteiger partial charge in [0.15, 0.2) is 0 Å². The minimum Gasteiger partial charge on any atom is -0.310 e. The molecule has 0 aliphatic carbocycles. The number of aromatic nitrogens is 2. The zero-order chi connectivity index (χ0) is 13.1. The molecule has 1 aromatic carbocycles. The van der Waals surface area contributed by atoms with Gasteiger partial charge in [0, 0.05) is 18.8 Å². The smallest absolute Gasteiger partial charge is 0.278 e. The number of anilines is 1. The Morgan fingerprint density at radius 3 is 2.72 bits per heavy atom. The highest BCUT2D eigenvalue weighted by Crippen LogP contribution is 2.15. The standard InChI is InChI=1S/C12H10FN3O2/c1-16(9-4-2-3-8(13)7-9)12(18)10-5-6-11(17)15-14-10/h2-7H,1H3,(H,15,17). The van der Waals surface area contributed by atoms with Gasteiger partial charge >= 0.3 is 0 Å². The number of aromatic amines is 1. The van der Waals surface area contributed by atoms with Crippen LogP contribution in [0.2, 0.25) is 0 Å². The van der Waals surface area contributed by atoms with E-state index in [1.807, 2.05) is 0 Å². The molecule has 0 bridgehead atoms. The molecule has 0 unspecified atom stereocenters. The molecule has 18 heavy (non-hydrogen) atoms. The van der Waals surface area contributed by atoms with Crippen LogP contribution in [0, 0.1) is 5.82 Å². The van der Waals surface area contributed by atoms with Gasteiger partial charge in [0.2, 0.25) is 0 Å². The molecule has 0 atom stereocenters. The van der Waals surface area contributed by atoms with Gasteiger partial charge in [0.1, 0.15) is 11.5 Å². The maximum atomic E-state index is 13.0. The molecule has 1 N–H and O–H groups in total. The van der Waals surface area contributed by atoms with Crippen LogP contribution in [0.25, 0.3) is 0 Å². The quantitative estimate of drug-likeness (QED) is 0.866. The van der Waals surface area contributed by atoms with Crippen molar-refractivity contribution in [3.05, 3.63) is 58.3 Å². The first-order valence-corrected chi connectivity index (χ1v) is 5.17. The number of halogens is 1. The summed E-state index contributed by atoms with van der Waals surface area (Å²) in [6.07, 6.45) is 0. The van der Waals surface area contributed by atoms with Crippen LogP contribution in [-0.2, 0) is 0 Å². The minimum absolute atomic E-state index is 0.0846. The number of hydrogen-bond acceptors (Lipinski definition) is 3. The van der Waals surface area contributed by atoms with Crippen molar-refractivity contribution >= 4 is 11.6 Å². The fourth-order valence-corrected chi connectivity index (χ4v) is 1.44. The number of carbonyl (C=O) groups excluding carboxylic acids is 1. The lowest BCUT2D eigenvalue weighted by Gasteiger charge is -2.16. The summed E-state index contributed by atoms with van der Waals surface area (Å²) in [7, 11) is 1.50. The third-order valence-corrected chi connectivity index (χ3v) is 2.40. The molecule has 1 amide bonds. The van der Waals surface area contributed by atoms with Crippen LogP contribution in [0.3, 0.4) is 0 Å². The monoisotopic (exact) mass is 247 g/mol. The highest BCUT2D eigenvalue weighted by atomic mass is 19.1. The molecular weight excluding hydrogens is 237 g/mol. The van der Waals surface area contributed by atoms with Gasteiger partial charge in [0.05, 0.1) is 0 Å². The predicted molar refractivity (Wildman–Crippen MR) is 64.0 cm³/mol. The third-order valence-electron chi connectivity index (χ3n) is 2.40. The number of amides is 1. The molecule has 0 aliphatic rings. The first-order valence-electron chi connectivity index (χ1n) is 5.17. The van der Waals surface area contributed by atoms with Crippen molar-refractivity contribution in [1.82, 2.24) is 10.2 Å². The second-order valence-corrected chi connectivity index (χ2v) is 3.65. The summed E-state index contributed by atoms with van der Waals surface area (Å²) < 4.78 is 13.0. The van der Waals surface area contributed by atoms with Crippen molar-refractivity contribution in [2.24, 2.45) is 0 Å². The van der Waals surface area contributed by atoms with Crippen LogP contribution in [0.15, 0.2) is 41.2 Å². The van der Waals surface area contributed by atoms with Crippen LogP contribution >= 0.6 is 0 Å². The first kappa shape index (κ1) is 12.0. The third kappa shape index (κ3) is 2.42. The van der Waals surface area contributed by atoms with E-state index in [0.717, 1.165) is 0 Å². The molecule has 0 spiro atoms. The summed E-state index contributed by atoms with van der Waals surface area (Å²) in [5, 5.41) is 5.80. The van der Waals surface area contributed by atoms with Gasteiger partial charge in [-0.3, -0.25) is 9.59 Å². The highest BCUT2D eigenvalue weighted by molar-refractivity contribution is 6.04. The molecule has 2 aromatic rings. The summed E-state index contributed by atoms with van der Waals surface area (Å²) in [4.78, 5) is 24.1. The van der Waals surface area contributed by atoms with Crippen molar-refractivity contribution in [1.29, 1.82) is 0 Å². The van der Waals surface area contributed by atoms with E-state index >= 15 is 0 Å². The van der Waals surface area contributed by atoms with Gasteiger partial charge < -0.3 is 4.90 Å². The Balaban J connectivity index is 2.29. The molecule has 92 valence electrons. The molecule has 0 fully saturated rings. The maximum absolute atomic E-state index is 13.0. The number of carbonyl (C=O) groups is 1. The summed E-state index contributed by atoms with van der Waals surface area (Å²) >= 11 is 0. The highest BCUT2D eigenvalue weighted by Gasteiger charge is 2.15. The Bertz CT molecular complexity index is 619. The van der Waals surface area contributed by atoms with Gasteiger partial charge in [-0.25, -0.2) is 9.49 Å². The van der Waals surface area contributed by atoms with Gasteiger partial charge in [-0.1, -0.05) is 6.07 Å². The molecule has 1 aromatic heterocycles. The Hall–Kier alpha value is -2.50. The first-order chi connectivity index (χ1) is 8.58. The lowest BCUT2D eigenvalue weighted by atomic mass is 10.2. The number of hydrogen-bond donors (Lipinski definition) is 1. The largest absolute Gasteiger partial charge is 0.310 e. The summed E-state index contributed by atoms with van der Waals surface area (Å²) in [5.74, 6) is -0.863. The minimum atomic E-state index is -0.433. The van der Waals surface area contributed by atoms with Gasteiger partial charge in [-0.15, -0.1) is 0 Å². The van der Waals surface area contributed by atoms with E-state index in [-0.39, 0.29) is 11.3 Å². The normalized spacial score (nSPS) is 10.1. The van der Waals surface area contributed by atoms with Crippen molar-refractivity contribution in [3.8, 4) is 0 Å². The maximum Gasteiger partial charge on any atom is 0.278 e. The van der Waals surface area contributed by atoms with Crippen molar-refractivity contribution in [2.45, 2.75) is 0 Å². The number of H-pyrrole nitrogens is 1. The molecule has 5 nitrogen and oxygen atoms in total. The van der Waals surface area contributed by atoms with Crippen LogP contribution < -0.4 is 10.5 Å². The molecule has 0 saturated carbocycles. The fraction of sp³-hybridized carbons (Fsp3) is 0.0833. The van der Waals surface area contributed by atoms with E-state index in [1.165, 1.54) is 42.3 Å². The van der Waals surface area contributed by atoms with Crippen LogP contribution in [0.4, 0.5) is 10.1 Å². The van der Waals surface area contributed by atoms with E-state index in [0.29, 0.717) is 5.69 Å². The lowest BCUT2D eigenvalue weighted by molar-refractivity contribution is 0.0987. The van der Waals surface area contributed by atoms with E-state index in [1.54, 1.807) is 6.07 Å². The van der Waals surface area contributed by atoms with E-state index in [4.69, 9.17) is 0 Å². The average molecular weight is 247 g/mol. The van der Waals surface area contributed by atoms with Crippen LogP contribution in [-0.4, -0.2) is 23.2 Å². The number of nitrogens with zero attached hydrogens (tertiary/aromatic N) is 2. The number of benzene rings is 1. The van der Waals surface area contributed by atoms with E-state index < -0.39 is 11.7 Å². The SMILES string of the molecule is CN(C(=O)c1ccc(=O)[nH]n1)c1cccc(F)c1. The fourth-order valence-electron chi connectivity index (χ4n) is 1.44.